The Morgan fingerprint density at radius 1 is 1.24 bits per heavy atom. The average Bonchev–Trinajstić information content (AvgIpc) is 2.60. The maximum atomic E-state index is 12.5. The van der Waals surface area contributed by atoms with Crippen LogP contribution in [0.15, 0.2) is 24.3 Å². The summed E-state index contributed by atoms with van der Waals surface area (Å²) >= 11 is 0. The second-order valence-electron chi connectivity index (χ2n) is 7.13. The van der Waals surface area contributed by atoms with E-state index in [9.17, 15) is 14.7 Å². The van der Waals surface area contributed by atoms with Crippen LogP contribution in [0.2, 0.25) is 0 Å². The molecule has 1 aromatic carbocycles. The molecule has 2 rings (SSSR count). The highest BCUT2D eigenvalue weighted by Gasteiger charge is 2.43. The Kier molecular flexibility index (Phi) is 7.00. The Morgan fingerprint density at radius 2 is 1.96 bits per heavy atom. The highest BCUT2D eigenvalue weighted by atomic mass is 16.5. The van der Waals surface area contributed by atoms with Gasteiger partial charge < -0.3 is 14.7 Å². The van der Waals surface area contributed by atoms with Crippen LogP contribution >= 0.6 is 0 Å². The average molecular weight is 347 g/mol. The smallest absolute Gasteiger partial charge is 0.313 e. The lowest BCUT2D eigenvalue weighted by Crippen LogP contribution is -2.52. The third-order valence-electron chi connectivity index (χ3n) is 5.03. The molecule has 25 heavy (non-hydrogen) atoms. The van der Waals surface area contributed by atoms with E-state index in [4.69, 9.17) is 4.74 Å². The van der Waals surface area contributed by atoms with Crippen molar-refractivity contribution < 1.29 is 19.4 Å². The summed E-state index contributed by atoms with van der Waals surface area (Å²) in [6.45, 7) is 3.13. The number of aryl methyl sites for hydroxylation is 2. The number of aliphatic carboxylic acids is 1. The third kappa shape index (κ3) is 5.30. The molecular weight excluding hydrogens is 318 g/mol. The minimum atomic E-state index is -0.954. The van der Waals surface area contributed by atoms with E-state index < -0.39 is 11.4 Å². The monoisotopic (exact) mass is 347 g/mol. The van der Waals surface area contributed by atoms with Gasteiger partial charge in [-0.1, -0.05) is 29.8 Å². The van der Waals surface area contributed by atoms with Gasteiger partial charge in [-0.2, -0.15) is 0 Å². The van der Waals surface area contributed by atoms with Crippen molar-refractivity contribution in [3.05, 3.63) is 35.4 Å². The SMILES string of the molecule is COCC1(C(=O)O)CCCN(C(=O)CCCCc2ccc(C)cc2)C1. The lowest BCUT2D eigenvalue weighted by atomic mass is 9.80. The van der Waals surface area contributed by atoms with Crippen LogP contribution in [0, 0.1) is 12.3 Å². The summed E-state index contributed by atoms with van der Waals surface area (Å²) in [6.07, 6.45) is 4.52. The normalized spacial score (nSPS) is 20.5. The first-order valence-electron chi connectivity index (χ1n) is 9.02. The number of carbonyl (C=O) groups excluding carboxylic acids is 1. The Hall–Kier alpha value is -1.88. The van der Waals surface area contributed by atoms with Gasteiger partial charge in [-0.05, 0) is 44.6 Å². The van der Waals surface area contributed by atoms with Crippen LogP contribution in [-0.4, -0.2) is 48.7 Å². The molecule has 5 heteroatoms. The number of nitrogens with zero attached hydrogens (tertiary/aromatic N) is 1. The molecule has 1 atom stereocenters. The number of rotatable bonds is 8. The summed E-state index contributed by atoms with van der Waals surface area (Å²) in [5.74, 6) is -0.809. The number of carboxylic acids is 1. The van der Waals surface area contributed by atoms with Crippen molar-refractivity contribution in [3.63, 3.8) is 0 Å². The van der Waals surface area contributed by atoms with Crippen molar-refractivity contribution in [2.45, 2.75) is 45.4 Å². The Balaban J connectivity index is 1.79. The molecule has 0 aliphatic carbocycles. The van der Waals surface area contributed by atoms with E-state index >= 15 is 0 Å². The fourth-order valence-corrected chi connectivity index (χ4v) is 3.49. The molecule has 0 bridgehead atoms. The van der Waals surface area contributed by atoms with E-state index in [1.807, 2.05) is 0 Å². The predicted octanol–water partition coefficient (Wildman–Crippen LogP) is 3.05. The highest BCUT2D eigenvalue weighted by Crippen LogP contribution is 2.31. The number of ether oxygens (including phenoxy) is 1. The molecule has 138 valence electrons. The molecule has 1 fully saturated rings. The number of likely N-dealkylation sites (tertiary alicyclic amines) is 1. The first-order valence-corrected chi connectivity index (χ1v) is 9.02. The van der Waals surface area contributed by atoms with Gasteiger partial charge in [0, 0.05) is 26.6 Å². The third-order valence-corrected chi connectivity index (χ3v) is 5.03. The van der Waals surface area contributed by atoms with Gasteiger partial charge in [-0.25, -0.2) is 0 Å². The number of methoxy groups -OCH3 is 1. The molecule has 1 aliphatic heterocycles. The zero-order chi connectivity index (χ0) is 18.3. The second-order valence-corrected chi connectivity index (χ2v) is 7.13. The van der Waals surface area contributed by atoms with Gasteiger partial charge in [-0.3, -0.25) is 9.59 Å². The van der Waals surface area contributed by atoms with Crippen LogP contribution < -0.4 is 0 Å². The summed E-state index contributed by atoms with van der Waals surface area (Å²) in [4.78, 5) is 25.8. The number of hydrogen-bond acceptors (Lipinski definition) is 3. The largest absolute Gasteiger partial charge is 0.481 e. The number of amides is 1. The zero-order valence-electron chi connectivity index (χ0n) is 15.3. The van der Waals surface area contributed by atoms with Crippen LogP contribution in [0.25, 0.3) is 0 Å². The standard InChI is InChI=1S/C20H29NO4/c1-16-8-10-17(11-9-16)6-3-4-7-18(22)21-13-5-12-20(14-21,15-25-2)19(23)24/h8-11H,3-7,12-15H2,1-2H3,(H,23,24). The zero-order valence-corrected chi connectivity index (χ0v) is 15.3. The fraction of sp³-hybridized carbons (Fsp3) is 0.600. The van der Waals surface area contributed by atoms with Gasteiger partial charge in [0.15, 0.2) is 0 Å². The highest BCUT2D eigenvalue weighted by molar-refractivity contribution is 5.79. The van der Waals surface area contributed by atoms with E-state index in [0.29, 0.717) is 25.8 Å². The lowest BCUT2D eigenvalue weighted by Gasteiger charge is -2.39. The lowest BCUT2D eigenvalue weighted by molar-refractivity contribution is -0.159. The van der Waals surface area contributed by atoms with Crippen LogP contribution in [0.1, 0.15) is 43.2 Å². The Labute approximate surface area is 150 Å². The topological polar surface area (TPSA) is 66.8 Å². The molecule has 0 saturated carbocycles. The van der Waals surface area contributed by atoms with Gasteiger partial charge in [0.1, 0.15) is 5.41 Å². The molecule has 0 aromatic heterocycles. The van der Waals surface area contributed by atoms with Crippen molar-refractivity contribution in [1.82, 2.24) is 4.90 Å². The predicted molar refractivity (Wildman–Crippen MR) is 96.5 cm³/mol. The number of unbranched alkanes of at least 4 members (excludes halogenated alkanes) is 1. The first-order chi connectivity index (χ1) is 12.0. The summed E-state index contributed by atoms with van der Waals surface area (Å²) < 4.78 is 5.11. The second kappa shape index (κ2) is 8.99. The number of benzene rings is 1. The van der Waals surface area contributed by atoms with Crippen molar-refractivity contribution in [1.29, 1.82) is 0 Å². The van der Waals surface area contributed by atoms with Gasteiger partial charge >= 0.3 is 5.97 Å². The summed E-state index contributed by atoms with van der Waals surface area (Å²) in [5, 5.41) is 9.56. The van der Waals surface area contributed by atoms with Crippen molar-refractivity contribution >= 4 is 11.9 Å². The summed E-state index contributed by atoms with van der Waals surface area (Å²) in [6, 6.07) is 8.48. The molecule has 5 nitrogen and oxygen atoms in total. The number of carbonyl (C=O) groups is 2. The molecule has 1 N–H and O–H groups in total. The van der Waals surface area contributed by atoms with E-state index in [1.54, 1.807) is 4.90 Å². The molecule has 1 heterocycles. The van der Waals surface area contributed by atoms with Gasteiger partial charge in [-0.15, -0.1) is 0 Å². The van der Waals surface area contributed by atoms with Crippen LogP contribution in [-0.2, 0) is 20.7 Å². The van der Waals surface area contributed by atoms with Crippen molar-refractivity contribution in [2.75, 3.05) is 26.8 Å². The fourth-order valence-electron chi connectivity index (χ4n) is 3.49. The van der Waals surface area contributed by atoms with Crippen molar-refractivity contribution in [2.24, 2.45) is 5.41 Å². The maximum Gasteiger partial charge on any atom is 0.313 e. The molecule has 0 spiro atoms. The summed E-state index contributed by atoms with van der Waals surface area (Å²) in [5.41, 5.74) is 1.59. The molecule has 1 aromatic rings. The van der Waals surface area contributed by atoms with Crippen LogP contribution in [0.3, 0.4) is 0 Å². The van der Waals surface area contributed by atoms with Gasteiger partial charge in [0.05, 0.1) is 6.61 Å². The molecule has 0 radical (unpaired) electrons. The quantitative estimate of drug-likeness (QED) is 0.734. The van der Waals surface area contributed by atoms with E-state index in [1.165, 1.54) is 18.2 Å². The minimum Gasteiger partial charge on any atom is -0.481 e. The van der Waals surface area contributed by atoms with E-state index in [0.717, 1.165) is 19.3 Å². The Morgan fingerprint density at radius 3 is 2.60 bits per heavy atom. The molecular formula is C20H29NO4. The molecule has 1 amide bonds. The number of piperidine rings is 1. The molecule has 1 aliphatic rings. The van der Waals surface area contributed by atoms with Crippen molar-refractivity contribution in [3.8, 4) is 0 Å². The number of carboxylic acid groups (broad SMARTS) is 1. The van der Waals surface area contributed by atoms with Gasteiger partial charge in [0.25, 0.3) is 0 Å². The molecule has 1 saturated heterocycles. The summed E-state index contributed by atoms with van der Waals surface area (Å²) in [7, 11) is 1.51. The van der Waals surface area contributed by atoms with E-state index in [2.05, 4.69) is 31.2 Å². The molecule has 1 unspecified atom stereocenters. The van der Waals surface area contributed by atoms with E-state index in [-0.39, 0.29) is 19.1 Å². The van der Waals surface area contributed by atoms with Gasteiger partial charge in [0.2, 0.25) is 5.91 Å². The van der Waals surface area contributed by atoms with Crippen LogP contribution in [0.5, 0.6) is 0 Å². The number of hydrogen-bond donors (Lipinski definition) is 1. The first kappa shape index (κ1) is 19.4. The minimum absolute atomic E-state index is 0.0605. The Bertz CT molecular complexity index is 580. The maximum absolute atomic E-state index is 12.5. The van der Waals surface area contributed by atoms with Crippen LogP contribution in [0.4, 0.5) is 0 Å².